The third-order valence-electron chi connectivity index (χ3n) is 10.4. The average molecular weight is 828 g/mol. The standard InChI is InChI=1S/C39H58N2.2C7H7O.Ni/c1-5-9-13-15-16-19-21-33-27-29-35(30-28-33)39(36-25-20-23-34(31-36)22-18-14-10-6-2)38(26-17-11-7-3)37(32-41-40)24-12-8-4;2*8-6-7-4-2-1-3-5-7;/h20,23,25,27-31H,5-19,21-22,24,26H2,1-4H3;2*1-5H,6H2;/q;2*-1;+2. The summed E-state index contributed by atoms with van der Waals surface area (Å²) in [6.07, 6.45) is 22.9. The molecule has 4 aromatic rings. The Hall–Kier alpha value is -3.81. The van der Waals surface area contributed by atoms with Crippen LogP contribution in [0.3, 0.4) is 0 Å². The molecular weight excluding hydrogens is 755 g/mol. The van der Waals surface area contributed by atoms with Crippen LogP contribution in [0.15, 0.2) is 120 Å². The fraction of sp³-hybridized carbons (Fsp3) is 0.472. The van der Waals surface area contributed by atoms with Crippen LogP contribution in [0.1, 0.15) is 170 Å². The van der Waals surface area contributed by atoms with E-state index in [0.29, 0.717) is 13.2 Å². The van der Waals surface area contributed by atoms with E-state index < -0.39 is 0 Å². The van der Waals surface area contributed by atoms with E-state index in [1.54, 1.807) is 0 Å². The molecule has 0 fully saturated rings. The molecule has 0 aliphatic rings. The molecular formula is C53H72N2NiO2. The summed E-state index contributed by atoms with van der Waals surface area (Å²) in [5.41, 5.74) is 21.0. The Morgan fingerprint density at radius 3 is 1.60 bits per heavy atom. The first-order chi connectivity index (χ1) is 28.6. The van der Waals surface area contributed by atoms with Crippen LogP contribution in [0.4, 0.5) is 0 Å². The van der Waals surface area contributed by atoms with Gasteiger partial charge in [-0.3, -0.25) is 0 Å². The molecule has 0 saturated heterocycles. The Bertz CT molecular complexity index is 1720. The van der Waals surface area contributed by atoms with E-state index in [2.05, 4.69) is 86.9 Å². The molecule has 58 heavy (non-hydrogen) atoms. The Morgan fingerprint density at radius 1 is 0.500 bits per heavy atom. The molecule has 0 amide bonds. The summed E-state index contributed by atoms with van der Waals surface area (Å²) in [6, 6.07) is 38.7. The van der Waals surface area contributed by atoms with Crippen LogP contribution in [-0.4, -0.2) is 10.7 Å². The van der Waals surface area contributed by atoms with E-state index in [0.717, 1.165) is 76.7 Å². The van der Waals surface area contributed by atoms with Gasteiger partial charge in [-0.05, 0) is 84.8 Å². The molecule has 0 aromatic heterocycles. The van der Waals surface area contributed by atoms with Crippen molar-refractivity contribution in [3.05, 3.63) is 159 Å². The number of allylic oxidation sites excluding steroid dienone is 2. The number of aryl methyl sites for hydroxylation is 2. The van der Waals surface area contributed by atoms with Crippen LogP contribution in [-0.2, 0) is 48.9 Å². The second kappa shape index (κ2) is 32.1. The van der Waals surface area contributed by atoms with Gasteiger partial charge < -0.3 is 5.53 Å². The zero-order valence-corrected chi connectivity index (χ0v) is 37.3. The molecule has 0 aliphatic carbocycles. The van der Waals surface area contributed by atoms with Crippen LogP contribution in [0.5, 0.6) is 0 Å². The van der Waals surface area contributed by atoms with Gasteiger partial charge in [0.05, 0.1) is 5.57 Å². The molecule has 0 aliphatic heterocycles. The van der Waals surface area contributed by atoms with Crippen molar-refractivity contribution in [1.29, 1.82) is 0 Å². The minimum absolute atomic E-state index is 0.565. The fourth-order valence-electron chi connectivity index (χ4n) is 7.09. The van der Waals surface area contributed by atoms with Crippen LogP contribution >= 0.6 is 0 Å². The van der Waals surface area contributed by atoms with Crippen molar-refractivity contribution in [3.63, 3.8) is 0 Å². The molecule has 4 rings (SSSR count). The summed E-state index contributed by atoms with van der Waals surface area (Å²) in [4.78, 5) is 3.44. The average Bonchev–Trinajstić information content (AvgIpc) is 3.26. The predicted octanol–water partition coefficient (Wildman–Crippen LogP) is 15.4. The quantitative estimate of drug-likeness (QED) is 0.0143. The van der Waals surface area contributed by atoms with Crippen LogP contribution in [0.2, 0.25) is 0 Å². The zero-order valence-electron chi connectivity index (χ0n) is 36.3. The summed E-state index contributed by atoms with van der Waals surface area (Å²) in [5, 5.41) is 0. The fourth-order valence-corrected chi connectivity index (χ4v) is 7.61. The Kier molecular flexibility index (Phi) is 26.9. The molecule has 5 heteroatoms. The Balaban J connectivity index is 0.000000436. The second-order valence-electron chi connectivity index (χ2n) is 15.3. The first-order valence-corrected chi connectivity index (χ1v) is 23.2. The summed E-state index contributed by atoms with van der Waals surface area (Å²) in [7, 11) is 0. The topological polar surface area (TPSA) is 54.9 Å². The predicted molar refractivity (Wildman–Crippen MR) is 242 cm³/mol. The molecule has 0 N–H and O–H groups in total. The number of hydrogen-bond acceptors (Lipinski definition) is 2. The first-order valence-electron chi connectivity index (χ1n) is 22.4. The van der Waals surface area contributed by atoms with Gasteiger partial charge in [-0.2, -0.15) is 0 Å². The SMILES string of the molecule is CCCCCCCCc1ccc(C(=C(CCCCC)C(=C=[N+]=[N-])CCCC)c2cccc(CCCCCC)c2)cc1.c1ccc(C[O][Ni][O]Cc2ccccc2)cc1. The molecule has 0 saturated carbocycles. The van der Waals surface area contributed by atoms with Crippen molar-refractivity contribution in [2.75, 3.05) is 0 Å². The van der Waals surface area contributed by atoms with Gasteiger partial charge in [0, 0.05) is 0 Å². The zero-order chi connectivity index (χ0) is 41.3. The molecule has 0 spiro atoms. The summed E-state index contributed by atoms with van der Waals surface area (Å²) in [6.45, 7) is 10.2. The second-order valence-corrected chi connectivity index (χ2v) is 16.1. The summed E-state index contributed by atoms with van der Waals surface area (Å²) in [5.74, 6) is 3.03. The molecule has 0 atom stereocenters. The van der Waals surface area contributed by atoms with Crippen molar-refractivity contribution in [2.24, 2.45) is 0 Å². The summed E-state index contributed by atoms with van der Waals surface area (Å²) >= 11 is 0.863. The van der Waals surface area contributed by atoms with E-state index in [1.807, 2.05) is 60.7 Å². The normalized spacial score (nSPS) is 11.3. The maximum absolute atomic E-state index is 9.62. The number of benzene rings is 4. The van der Waals surface area contributed by atoms with Crippen molar-refractivity contribution in [1.82, 2.24) is 0 Å². The molecule has 4 aromatic carbocycles. The number of hydrogen-bond donors (Lipinski definition) is 0. The van der Waals surface area contributed by atoms with Crippen LogP contribution in [0, 0.1) is 0 Å². The Labute approximate surface area is 359 Å². The monoisotopic (exact) mass is 826 g/mol. The van der Waals surface area contributed by atoms with E-state index in [9.17, 15) is 5.53 Å². The van der Waals surface area contributed by atoms with Gasteiger partial charge in [0.15, 0.2) is 0 Å². The van der Waals surface area contributed by atoms with Crippen molar-refractivity contribution < 1.29 is 27.6 Å². The third kappa shape index (κ3) is 20.2. The van der Waals surface area contributed by atoms with E-state index in [1.165, 1.54) is 110 Å². The van der Waals surface area contributed by atoms with Crippen molar-refractivity contribution >= 4 is 11.4 Å². The minimum atomic E-state index is 0.565. The van der Waals surface area contributed by atoms with E-state index >= 15 is 0 Å². The van der Waals surface area contributed by atoms with Gasteiger partial charge in [0.2, 0.25) is 0 Å². The molecule has 4 nitrogen and oxygen atoms in total. The third-order valence-corrected chi connectivity index (χ3v) is 11.0. The number of nitrogens with zero attached hydrogens (tertiary/aromatic N) is 2. The summed E-state index contributed by atoms with van der Waals surface area (Å²) < 4.78 is 10.7. The molecule has 0 heterocycles. The molecule has 0 radical (unpaired) electrons. The molecule has 0 unspecified atom stereocenters. The maximum atomic E-state index is 9.62. The van der Waals surface area contributed by atoms with Gasteiger partial charge in [0.25, 0.3) is 0 Å². The van der Waals surface area contributed by atoms with Gasteiger partial charge in [-0.1, -0.05) is 147 Å². The Morgan fingerprint density at radius 2 is 1.02 bits per heavy atom. The van der Waals surface area contributed by atoms with E-state index in [4.69, 9.17) is 7.76 Å². The van der Waals surface area contributed by atoms with E-state index in [-0.39, 0.29) is 0 Å². The van der Waals surface area contributed by atoms with Gasteiger partial charge >= 0.3 is 114 Å². The number of rotatable bonds is 28. The van der Waals surface area contributed by atoms with Gasteiger partial charge in [-0.15, -0.1) is 4.79 Å². The van der Waals surface area contributed by atoms with Crippen molar-refractivity contribution in [3.8, 4) is 0 Å². The first kappa shape index (κ1) is 48.6. The number of unbranched alkanes of at least 4 members (excludes halogenated alkanes) is 11. The van der Waals surface area contributed by atoms with Gasteiger partial charge in [-0.25, -0.2) is 0 Å². The molecule has 0 bridgehead atoms. The van der Waals surface area contributed by atoms with Crippen molar-refractivity contribution in [2.45, 2.75) is 163 Å². The van der Waals surface area contributed by atoms with Crippen LogP contribution in [0.25, 0.3) is 11.1 Å². The van der Waals surface area contributed by atoms with Crippen LogP contribution < -0.4 is 0 Å². The molecule has 316 valence electrons. The van der Waals surface area contributed by atoms with Gasteiger partial charge in [0.1, 0.15) is 0 Å².